The van der Waals surface area contributed by atoms with Crippen LogP contribution in [0.2, 0.25) is 0 Å². The molecule has 1 aliphatic rings. The predicted molar refractivity (Wildman–Crippen MR) is 62.6 cm³/mol. The van der Waals surface area contributed by atoms with Crippen LogP contribution in [0.4, 0.5) is 8.78 Å². The summed E-state index contributed by atoms with van der Waals surface area (Å²) in [6, 6.07) is 1.07. The van der Waals surface area contributed by atoms with Crippen molar-refractivity contribution in [1.82, 2.24) is 0 Å². The monoisotopic (exact) mass is 272 g/mol. The molecule has 0 aliphatic heterocycles. The molecule has 1 aromatic rings. The van der Waals surface area contributed by atoms with Crippen molar-refractivity contribution in [3.05, 3.63) is 23.3 Å². The minimum atomic E-state index is -1.52. The van der Waals surface area contributed by atoms with Crippen molar-refractivity contribution in [2.75, 3.05) is 14.2 Å². The maximum atomic E-state index is 14.2. The van der Waals surface area contributed by atoms with Crippen LogP contribution in [-0.4, -0.2) is 25.3 Å². The van der Waals surface area contributed by atoms with Crippen LogP contribution < -0.4 is 9.47 Å². The fourth-order valence-corrected chi connectivity index (χ4v) is 2.41. The Morgan fingerprint density at radius 1 is 1.21 bits per heavy atom. The summed E-state index contributed by atoms with van der Waals surface area (Å²) in [4.78, 5) is 11.4. The van der Waals surface area contributed by atoms with Gasteiger partial charge in [0.15, 0.2) is 23.1 Å². The molecule has 0 aromatic heterocycles. The van der Waals surface area contributed by atoms with Crippen molar-refractivity contribution < 1.29 is 28.2 Å². The van der Waals surface area contributed by atoms with Crippen LogP contribution in [0.3, 0.4) is 0 Å². The summed E-state index contributed by atoms with van der Waals surface area (Å²) in [5.41, 5.74) is -1.99. The average Bonchev–Trinajstić information content (AvgIpc) is 2.32. The molecule has 0 amide bonds. The summed E-state index contributed by atoms with van der Waals surface area (Å²) in [6.45, 7) is 0. The Hall–Kier alpha value is -1.85. The smallest absolute Gasteiger partial charge is 0.314 e. The molecule has 2 rings (SSSR count). The molecule has 1 fully saturated rings. The van der Waals surface area contributed by atoms with Crippen molar-refractivity contribution in [1.29, 1.82) is 0 Å². The zero-order valence-electron chi connectivity index (χ0n) is 10.6. The number of ether oxygens (including phenoxy) is 2. The SMILES string of the molecule is COc1cc(OC)c(F)c(C2(C(=O)O)CCC2)c1F. The maximum absolute atomic E-state index is 14.2. The Kier molecular flexibility index (Phi) is 3.34. The second kappa shape index (κ2) is 4.68. The molecule has 1 aromatic carbocycles. The lowest BCUT2D eigenvalue weighted by Crippen LogP contribution is -2.44. The summed E-state index contributed by atoms with van der Waals surface area (Å²) in [7, 11) is 2.46. The largest absolute Gasteiger partial charge is 0.494 e. The molecule has 0 atom stereocenters. The average molecular weight is 272 g/mol. The van der Waals surface area contributed by atoms with Gasteiger partial charge < -0.3 is 14.6 Å². The standard InChI is InChI=1S/C13H14F2O4/c1-18-7-6-8(19-2)11(15)9(10(7)14)13(12(16)17)4-3-5-13/h6H,3-5H2,1-2H3,(H,16,17). The maximum Gasteiger partial charge on any atom is 0.314 e. The van der Waals surface area contributed by atoms with E-state index in [1.54, 1.807) is 0 Å². The number of carboxylic acid groups (broad SMARTS) is 1. The van der Waals surface area contributed by atoms with Gasteiger partial charge in [-0.25, -0.2) is 8.78 Å². The van der Waals surface area contributed by atoms with E-state index >= 15 is 0 Å². The topological polar surface area (TPSA) is 55.8 Å². The van der Waals surface area contributed by atoms with Gasteiger partial charge in [0.2, 0.25) is 0 Å². The Morgan fingerprint density at radius 2 is 1.68 bits per heavy atom. The van der Waals surface area contributed by atoms with E-state index < -0.39 is 28.6 Å². The molecule has 104 valence electrons. The van der Waals surface area contributed by atoms with Gasteiger partial charge >= 0.3 is 5.97 Å². The van der Waals surface area contributed by atoms with E-state index in [0.29, 0.717) is 6.42 Å². The van der Waals surface area contributed by atoms with Crippen molar-refractivity contribution in [2.24, 2.45) is 0 Å². The van der Waals surface area contributed by atoms with Crippen LogP contribution >= 0.6 is 0 Å². The van der Waals surface area contributed by atoms with E-state index in [9.17, 15) is 18.7 Å². The second-order valence-corrected chi connectivity index (χ2v) is 4.52. The molecule has 6 heteroatoms. The summed E-state index contributed by atoms with van der Waals surface area (Å²) >= 11 is 0. The third-order valence-corrected chi connectivity index (χ3v) is 3.67. The first-order valence-electron chi connectivity index (χ1n) is 5.81. The van der Waals surface area contributed by atoms with Crippen LogP contribution in [0.15, 0.2) is 6.07 Å². The predicted octanol–water partition coefficient (Wildman–Crippen LogP) is 2.49. The number of aliphatic carboxylic acids is 1. The summed E-state index contributed by atoms with van der Waals surface area (Å²) < 4.78 is 38.1. The highest BCUT2D eigenvalue weighted by atomic mass is 19.1. The summed E-state index contributed by atoms with van der Waals surface area (Å²) in [6.07, 6.45) is 1.02. The number of halogens is 2. The van der Waals surface area contributed by atoms with Gasteiger partial charge in [0.1, 0.15) is 0 Å². The molecule has 19 heavy (non-hydrogen) atoms. The number of carboxylic acids is 1. The Bertz CT molecular complexity index is 496. The molecular formula is C13H14F2O4. The van der Waals surface area contributed by atoms with Crippen LogP contribution in [0, 0.1) is 11.6 Å². The lowest BCUT2D eigenvalue weighted by atomic mass is 9.64. The Morgan fingerprint density at radius 3 is 1.95 bits per heavy atom. The minimum Gasteiger partial charge on any atom is -0.494 e. The van der Waals surface area contributed by atoms with Crippen LogP contribution in [0.25, 0.3) is 0 Å². The van der Waals surface area contributed by atoms with E-state index in [0.717, 1.165) is 6.07 Å². The van der Waals surface area contributed by atoms with Crippen LogP contribution in [0.5, 0.6) is 11.5 Å². The molecule has 0 radical (unpaired) electrons. The van der Waals surface area contributed by atoms with Gasteiger partial charge in [0.25, 0.3) is 0 Å². The third kappa shape index (κ3) is 1.82. The number of benzene rings is 1. The molecular weight excluding hydrogens is 258 g/mol. The van der Waals surface area contributed by atoms with E-state index in [1.165, 1.54) is 14.2 Å². The number of carbonyl (C=O) groups is 1. The second-order valence-electron chi connectivity index (χ2n) is 4.52. The Balaban J connectivity index is 2.71. The molecule has 1 aliphatic carbocycles. The molecule has 0 saturated heterocycles. The Labute approximate surface area is 108 Å². The first-order chi connectivity index (χ1) is 8.97. The van der Waals surface area contributed by atoms with Crippen molar-refractivity contribution in [2.45, 2.75) is 24.7 Å². The number of rotatable bonds is 4. The van der Waals surface area contributed by atoms with Gasteiger partial charge in [-0.1, -0.05) is 6.42 Å². The zero-order valence-corrected chi connectivity index (χ0v) is 10.6. The molecule has 0 unspecified atom stereocenters. The first kappa shape index (κ1) is 13.6. The van der Waals surface area contributed by atoms with Gasteiger partial charge in [-0.05, 0) is 12.8 Å². The normalized spacial score (nSPS) is 16.6. The van der Waals surface area contributed by atoms with Gasteiger partial charge in [0.05, 0.1) is 19.6 Å². The lowest BCUT2D eigenvalue weighted by molar-refractivity contribution is -0.147. The highest BCUT2D eigenvalue weighted by Crippen LogP contribution is 2.49. The van der Waals surface area contributed by atoms with E-state index in [4.69, 9.17) is 9.47 Å². The van der Waals surface area contributed by atoms with Gasteiger partial charge in [0, 0.05) is 11.6 Å². The quantitative estimate of drug-likeness (QED) is 0.915. The van der Waals surface area contributed by atoms with Crippen LogP contribution in [-0.2, 0) is 10.2 Å². The lowest BCUT2D eigenvalue weighted by Gasteiger charge is -2.38. The van der Waals surface area contributed by atoms with Crippen LogP contribution in [0.1, 0.15) is 24.8 Å². The third-order valence-electron chi connectivity index (χ3n) is 3.67. The van der Waals surface area contributed by atoms with Gasteiger partial charge in [-0.2, -0.15) is 0 Å². The van der Waals surface area contributed by atoms with Crippen molar-refractivity contribution in [3.8, 4) is 11.5 Å². The molecule has 0 bridgehead atoms. The van der Waals surface area contributed by atoms with E-state index in [1.807, 2.05) is 0 Å². The summed E-state index contributed by atoms with van der Waals surface area (Å²) in [5.74, 6) is -3.61. The van der Waals surface area contributed by atoms with Crippen molar-refractivity contribution in [3.63, 3.8) is 0 Å². The highest BCUT2D eigenvalue weighted by Gasteiger charge is 2.50. The van der Waals surface area contributed by atoms with Gasteiger partial charge in [-0.3, -0.25) is 4.79 Å². The highest BCUT2D eigenvalue weighted by molar-refractivity contribution is 5.83. The molecule has 0 spiro atoms. The number of methoxy groups -OCH3 is 2. The van der Waals surface area contributed by atoms with Crippen molar-refractivity contribution >= 4 is 5.97 Å². The van der Waals surface area contributed by atoms with E-state index in [-0.39, 0.29) is 24.3 Å². The first-order valence-corrected chi connectivity index (χ1v) is 5.81. The fourth-order valence-electron chi connectivity index (χ4n) is 2.41. The molecule has 1 N–H and O–H groups in total. The number of hydrogen-bond donors (Lipinski definition) is 1. The van der Waals surface area contributed by atoms with Gasteiger partial charge in [-0.15, -0.1) is 0 Å². The number of hydrogen-bond acceptors (Lipinski definition) is 3. The minimum absolute atomic E-state index is 0.201. The fraction of sp³-hybridized carbons (Fsp3) is 0.462. The molecule has 0 heterocycles. The van der Waals surface area contributed by atoms with E-state index in [2.05, 4.69) is 0 Å². The molecule has 4 nitrogen and oxygen atoms in total. The molecule has 1 saturated carbocycles. The zero-order chi connectivity index (χ0) is 14.2. The summed E-state index contributed by atoms with van der Waals surface area (Å²) in [5, 5.41) is 9.30.